The molecule has 1 aromatic rings. The zero-order valence-corrected chi connectivity index (χ0v) is 10.1. The standard InChI is InChI=1S/C13H19N3O/c1-10(11-6-2-4-8-14-11)16-13(17)12-7-3-5-9-15-12/h2,4,6,8,10,12,15H,3,5,7,9H2,1H3,(H,16,17)/t10-,12+/m1/s1. The van der Waals surface area contributed by atoms with E-state index in [4.69, 9.17) is 0 Å². The molecule has 1 aliphatic heterocycles. The van der Waals surface area contributed by atoms with E-state index in [0.29, 0.717) is 0 Å². The number of hydrogen-bond acceptors (Lipinski definition) is 3. The van der Waals surface area contributed by atoms with Crippen molar-refractivity contribution in [2.24, 2.45) is 0 Å². The fraction of sp³-hybridized carbons (Fsp3) is 0.538. The molecule has 0 saturated carbocycles. The lowest BCUT2D eigenvalue weighted by Gasteiger charge is -2.24. The summed E-state index contributed by atoms with van der Waals surface area (Å²) >= 11 is 0. The summed E-state index contributed by atoms with van der Waals surface area (Å²) in [6.45, 7) is 2.90. The molecule has 1 amide bonds. The van der Waals surface area contributed by atoms with Gasteiger partial charge in [0, 0.05) is 6.20 Å². The van der Waals surface area contributed by atoms with Crippen LogP contribution in [-0.4, -0.2) is 23.5 Å². The first-order chi connectivity index (χ1) is 8.27. The molecule has 0 unspecified atom stereocenters. The first kappa shape index (κ1) is 12.0. The Morgan fingerprint density at radius 1 is 1.53 bits per heavy atom. The van der Waals surface area contributed by atoms with E-state index in [1.54, 1.807) is 6.20 Å². The summed E-state index contributed by atoms with van der Waals surface area (Å²) in [6.07, 6.45) is 4.97. The molecule has 1 aliphatic rings. The van der Waals surface area contributed by atoms with Gasteiger partial charge in [-0.1, -0.05) is 12.5 Å². The lowest BCUT2D eigenvalue weighted by Crippen LogP contribution is -2.47. The van der Waals surface area contributed by atoms with Crippen LogP contribution in [0.5, 0.6) is 0 Å². The smallest absolute Gasteiger partial charge is 0.237 e. The molecular formula is C13H19N3O. The summed E-state index contributed by atoms with van der Waals surface area (Å²) < 4.78 is 0. The Kier molecular flexibility index (Phi) is 4.09. The number of aromatic nitrogens is 1. The highest BCUT2D eigenvalue weighted by molar-refractivity contribution is 5.82. The van der Waals surface area contributed by atoms with Crippen molar-refractivity contribution in [2.45, 2.75) is 38.3 Å². The normalized spacial score (nSPS) is 21.8. The molecule has 4 heteroatoms. The van der Waals surface area contributed by atoms with Crippen molar-refractivity contribution >= 4 is 5.91 Å². The van der Waals surface area contributed by atoms with Crippen LogP contribution in [0.15, 0.2) is 24.4 Å². The van der Waals surface area contributed by atoms with Crippen LogP contribution in [0.1, 0.15) is 37.9 Å². The van der Waals surface area contributed by atoms with E-state index in [-0.39, 0.29) is 18.0 Å². The van der Waals surface area contributed by atoms with Gasteiger partial charge in [-0.3, -0.25) is 9.78 Å². The quantitative estimate of drug-likeness (QED) is 0.829. The predicted octanol–water partition coefficient (Wildman–Crippen LogP) is 1.40. The van der Waals surface area contributed by atoms with Crippen LogP contribution in [-0.2, 0) is 4.79 Å². The molecule has 0 radical (unpaired) electrons. The number of nitrogens with one attached hydrogen (secondary N) is 2. The number of carbonyl (C=O) groups excluding carboxylic acids is 1. The predicted molar refractivity (Wildman–Crippen MR) is 66.4 cm³/mol. The Labute approximate surface area is 102 Å². The fourth-order valence-corrected chi connectivity index (χ4v) is 2.10. The van der Waals surface area contributed by atoms with Gasteiger partial charge in [0.15, 0.2) is 0 Å². The molecule has 0 spiro atoms. The van der Waals surface area contributed by atoms with Crippen LogP contribution in [0.25, 0.3) is 0 Å². The van der Waals surface area contributed by atoms with E-state index >= 15 is 0 Å². The molecule has 4 nitrogen and oxygen atoms in total. The Hall–Kier alpha value is -1.42. The molecule has 92 valence electrons. The maximum atomic E-state index is 12.0. The molecule has 0 bridgehead atoms. The summed E-state index contributed by atoms with van der Waals surface area (Å²) in [6, 6.07) is 5.67. The highest BCUT2D eigenvalue weighted by Crippen LogP contribution is 2.11. The molecule has 0 aliphatic carbocycles. The van der Waals surface area contributed by atoms with Crippen LogP contribution >= 0.6 is 0 Å². The third-order valence-electron chi connectivity index (χ3n) is 3.12. The lowest BCUT2D eigenvalue weighted by atomic mass is 10.0. The largest absolute Gasteiger partial charge is 0.347 e. The van der Waals surface area contributed by atoms with Gasteiger partial charge in [0.1, 0.15) is 0 Å². The summed E-state index contributed by atoms with van der Waals surface area (Å²) in [7, 11) is 0. The van der Waals surface area contributed by atoms with Gasteiger partial charge in [0.05, 0.1) is 17.8 Å². The monoisotopic (exact) mass is 233 g/mol. The van der Waals surface area contributed by atoms with Gasteiger partial charge < -0.3 is 10.6 Å². The highest BCUT2D eigenvalue weighted by Gasteiger charge is 2.22. The van der Waals surface area contributed by atoms with Crippen LogP contribution in [0.3, 0.4) is 0 Å². The van der Waals surface area contributed by atoms with Crippen molar-refractivity contribution in [1.29, 1.82) is 0 Å². The fourth-order valence-electron chi connectivity index (χ4n) is 2.10. The van der Waals surface area contributed by atoms with E-state index in [1.165, 1.54) is 6.42 Å². The average Bonchev–Trinajstić information content (AvgIpc) is 2.40. The number of hydrogen-bond donors (Lipinski definition) is 2. The second-order valence-electron chi connectivity index (χ2n) is 4.49. The van der Waals surface area contributed by atoms with Crippen molar-refractivity contribution in [3.63, 3.8) is 0 Å². The molecule has 2 rings (SSSR count). The third-order valence-corrected chi connectivity index (χ3v) is 3.12. The van der Waals surface area contributed by atoms with Crippen LogP contribution in [0.4, 0.5) is 0 Å². The van der Waals surface area contributed by atoms with E-state index in [9.17, 15) is 4.79 Å². The van der Waals surface area contributed by atoms with Gasteiger partial charge in [-0.25, -0.2) is 0 Å². The topological polar surface area (TPSA) is 54.0 Å². The molecule has 1 fully saturated rings. The maximum absolute atomic E-state index is 12.0. The van der Waals surface area contributed by atoms with Gasteiger partial charge in [-0.2, -0.15) is 0 Å². The number of rotatable bonds is 3. The number of amides is 1. The second-order valence-corrected chi connectivity index (χ2v) is 4.49. The number of nitrogens with zero attached hydrogens (tertiary/aromatic N) is 1. The number of pyridine rings is 1. The van der Waals surface area contributed by atoms with E-state index in [2.05, 4.69) is 15.6 Å². The zero-order chi connectivity index (χ0) is 12.1. The number of piperidine rings is 1. The summed E-state index contributed by atoms with van der Waals surface area (Å²) in [5.74, 6) is 0.0860. The van der Waals surface area contributed by atoms with Crippen LogP contribution in [0, 0.1) is 0 Å². The lowest BCUT2D eigenvalue weighted by molar-refractivity contribution is -0.124. The van der Waals surface area contributed by atoms with E-state index < -0.39 is 0 Å². The Bertz CT molecular complexity index is 360. The van der Waals surface area contributed by atoms with Crippen molar-refractivity contribution in [3.05, 3.63) is 30.1 Å². The van der Waals surface area contributed by atoms with Crippen molar-refractivity contribution in [1.82, 2.24) is 15.6 Å². The van der Waals surface area contributed by atoms with Crippen LogP contribution < -0.4 is 10.6 Å². The van der Waals surface area contributed by atoms with E-state index in [1.807, 2.05) is 25.1 Å². The molecule has 2 heterocycles. The van der Waals surface area contributed by atoms with Gasteiger partial charge in [-0.15, -0.1) is 0 Å². The first-order valence-electron chi connectivity index (χ1n) is 6.22. The second kappa shape index (κ2) is 5.77. The minimum atomic E-state index is -0.0348. The average molecular weight is 233 g/mol. The molecule has 1 saturated heterocycles. The van der Waals surface area contributed by atoms with Gasteiger partial charge in [-0.05, 0) is 38.4 Å². The Morgan fingerprint density at radius 2 is 2.41 bits per heavy atom. The van der Waals surface area contributed by atoms with Crippen LogP contribution in [0.2, 0.25) is 0 Å². The van der Waals surface area contributed by atoms with Gasteiger partial charge in [0.2, 0.25) is 5.91 Å². The summed E-state index contributed by atoms with van der Waals surface area (Å²) in [4.78, 5) is 16.2. The van der Waals surface area contributed by atoms with Crippen molar-refractivity contribution in [3.8, 4) is 0 Å². The molecule has 1 aromatic heterocycles. The molecule has 17 heavy (non-hydrogen) atoms. The first-order valence-corrected chi connectivity index (χ1v) is 6.22. The molecule has 2 atom stereocenters. The molecule has 0 aromatic carbocycles. The summed E-state index contributed by atoms with van der Waals surface area (Å²) in [5, 5.41) is 6.25. The van der Waals surface area contributed by atoms with Gasteiger partial charge in [0.25, 0.3) is 0 Å². The Balaban J connectivity index is 1.89. The SMILES string of the molecule is C[C@@H](NC(=O)[C@@H]1CCCCN1)c1ccccn1. The zero-order valence-electron chi connectivity index (χ0n) is 10.1. The van der Waals surface area contributed by atoms with Crippen molar-refractivity contribution < 1.29 is 4.79 Å². The molecule has 2 N–H and O–H groups in total. The minimum absolute atomic E-state index is 0.0325. The number of carbonyl (C=O) groups is 1. The van der Waals surface area contributed by atoms with Crippen molar-refractivity contribution in [2.75, 3.05) is 6.54 Å². The third kappa shape index (κ3) is 3.27. The highest BCUT2D eigenvalue weighted by atomic mass is 16.2. The summed E-state index contributed by atoms with van der Waals surface area (Å²) in [5.41, 5.74) is 0.900. The van der Waals surface area contributed by atoms with E-state index in [0.717, 1.165) is 25.1 Å². The Morgan fingerprint density at radius 3 is 3.06 bits per heavy atom. The molecular weight excluding hydrogens is 214 g/mol. The maximum Gasteiger partial charge on any atom is 0.237 e. The van der Waals surface area contributed by atoms with Gasteiger partial charge >= 0.3 is 0 Å². The minimum Gasteiger partial charge on any atom is -0.347 e.